The quantitative estimate of drug-likeness (QED) is 0.766. The molecule has 2 nitrogen and oxygen atoms in total. The molecule has 0 N–H and O–H groups in total. The van der Waals surface area contributed by atoms with Crippen LogP contribution in [-0.4, -0.2) is 28.8 Å². The lowest BCUT2D eigenvalue weighted by Gasteiger charge is -2.26. The fourth-order valence-electron chi connectivity index (χ4n) is 2.91. The summed E-state index contributed by atoms with van der Waals surface area (Å²) in [7, 11) is 0. The maximum atomic E-state index is 12.7. The van der Waals surface area contributed by atoms with Crippen molar-refractivity contribution in [1.82, 2.24) is 4.90 Å². The Labute approximate surface area is 120 Å². The largest absolute Gasteiger partial charge is 0.336 e. The third-order valence-electron chi connectivity index (χ3n) is 3.86. The summed E-state index contributed by atoms with van der Waals surface area (Å²) in [6.07, 6.45) is 3.96. The standard InChI is InChI=1S/C16H22ClNO/c1-3-13-7-4-5-9-15(13)16(19)18-10-6-8-14(18)11-12(2)17/h4-5,7,9,12,14H,3,6,8,10-11H2,1-2H3. The Balaban J connectivity index is 2.18. The van der Waals surface area contributed by atoms with E-state index >= 15 is 0 Å². The maximum Gasteiger partial charge on any atom is 0.254 e. The van der Waals surface area contributed by atoms with Crippen molar-refractivity contribution in [2.75, 3.05) is 6.54 Å². The van der Waals surface area contributed by atoms with E-state index in [2.05, 4.69) is 6.92 Å². The van der Waals surface area contributed by atoms with Gasteiger partial charge in [0.2, 0.25) is 0 Å². The number of carbonyl (C=O) groups excluding carboxylic acids is 1. The summed E-state index contributed by atoms with van der Waals surface area (Å²) in [6, 6.07) is 8.24. The number of rotatable bonds is 4. The van der Waals surface area contributed by atoms with Crippen LogP contribution in [0.15, 0.2) is 24.3 Å². The minimum absolute atomic E-state index is 0.125. The van der Waals surface area contributed by atoms with Crippen molar-refractivity contribution >= 4 is 17.5 Å². The van der Waals surface area contributed by atoms with Gasteiger partial charge in [-0.25, -0.2) is 0 Å². The molecule has 0 spiro atoms. The zero-order chi connectivity index (χ0) is 13.8. The fraction of sp³-hybridized carbons (Fsp3) is 0.562. The molecular formula is C16H22ClNO. The highest BCUT2D eigenvalue weighted by atomic mass is 35.5. The molecule has 1 aromatic carbocycles. The highest BCUT2D eigenvalue weighted by molar-refractivity contribution is 6.20. The molecule has 2 unspecified atom stereocenters. The summed E-state index contributed by atoms with van der Waals surface area (Å²) in [5.74, 6) is 0.178. The van der Waals surface area contributed by atoms with E-state index in [0.717, 1.165) is 43.4 Å². The van der Waals surface area contributed by atoms with Crippen LogP contribution in [0, 0.1) is 0 Å². The molecule has 0 bridgehead atoms. The number of halogens is 1. The molecule has 2 atom stereocenters. The van der Waals surface area contributed by atoms with Gasteiger partial charge in [0, 0.05) is 23.5 Å². The number of hydrogen-bond donors (Lipinski definition) is 0. The molecule has 104 valence electrons. The molecule has 1 saturated heterocycles. The van der Waals surface area contributed by atoms with Crippen LogP contribution >= 0.6 is 11.6 Å². The first-order valence-corrected chi connectivity index (χ1v) is 7.60. The molecule has 1 aromatic rings. The normalized spacial score (nSPS) is 20.6. The van der Waals surface area contributed by atoms with Gasteiger partial charge in [0.05, 0.1) is 0 Å². The number of nitrogens with zero attached hydrogens (tertiary/aromatic N) is 1. The second-order valence-electron chi connectivity index (χ2n) is 5.32. The van der Waals surface area contributed by atoms with Crippen molar-refractivity contribution in [2.45, 2.75) is 50.9 Å². The van der Waals surface area contributed by atoms with E-state index in [1.807, 2.05) is 36.1 Å². The van der Waals surface area contributed by atoms with Crippen LogP contribution in [0.2, 0.25) is 0 Å². The molecule has 1 fully saturated rings. The van der Waals surface area contributed by atoms with E-state index in [1.54, 1.807) is 0 Å². The summed E-state index contributed by atoms with van der Waals surface area (Å²) in [6.45, 7) is 4.96. The van der Waals surface area contributed by atoms with Crippen LogP contribution in [0.3, 0.4) is 0 Å². The van der Waals surface area contributed by atoms with Gasteiger partial charge in [-0.05, 0) is 44.2 Å². The Morgan fingerprint density at radius 1 is 1.47 bits per heavy atom. The first kappa shape index (κ1) is 14.4. The molecule has 1 aliphatic rings. The van der Waals surface area contributed by atoms with Gasteiger partial charge in [-0.15, -0.1) is 11.6 Å². The molecule has 1 amide bonds. The van der Waals surface area contributed by atoms with Crippen LogP contribution in [0.4, 0.5) is 0 Å². The van der Waals surface area contributed by atoms with Crippen molar-refractivity contribution in [3.8, 4) is 0 Å². The van der Waals surface area contributed by atoms with Gasteiger partial charge in [0.25, 0.3) is 5.91 Å². The van der Waals surface area contributed by atoms with Gasteiger partial charge in [0.15, 0.2) is 0 Å². The first-order chi connectivity index (χ1) is 9.13. The Hall–Kier alpha value is -1.02. The number of alkyl halides is 1. The molecule has 0 aliphatic carbocycles. The summed E-state index contributed by atoms with van der Waals surface area (Å²) >= 11 is 6.09. The van der Waals surface area contributed by atoms with E-state index in [0.29, 0.717) is 6.04 Å². The van der Waals surface area contributed by atoms with Gasteiger partial charge in [0.1, 0.15) is 0 Å². The summed E-state index contributed by atoms with van der Waals surface area (Å²) in [4.78, 5) is 14.7. The topological polar surface area (TPSA) is 20.3 Å². The number of aryl methyl sites for hydroxylation is 1. The molecule has 0 saturated carbocycles. The van der Waals surface area contributed by atoms with Gasteiger partial charge in [-0.3, -0.25) is 4.79 Å². The number of carbonyl (C=O) groups is 1. The molecule has 0 aromatic heterocycles. The van der Waals surface area contributed by atoms with Crippen molar-refractivity contribution in [3.63, 3.8) is 0 Å². The van der Waals surface area contributed by atoms with E-state index in [9.17, 15) is 4.79 Å². The number of likely N-dealkylation sites (tertiary alicyclic amines) is 1. The number of hydrogen-bond acceptors (Lipinski definition) is 1. The maximum absolute atomic E-state index is 12.7. The third-order valence-corrected chi connectivity index (χ3v) is 4.04. The first-order valence-electron chi connectivity index (χ1n) is 7.16. The van der Waals surface area contributed by atoms with Gasteiger partial charge in [-0.1, -0.05) is 25.1 Å². The summed E-state index contributed by atoms with van der Waals surface area (Å²) in [5.41, 5.74) is 2.00. The van der Waals surface area contributed by atoms with E-state index in [4.69, 9.17) is 11.6 Å². The lowest BCUT2D eigenvalue weighted by Crippen LogP contribution is -2.37. The van der Waals surface area contributed by atoms with E-state index in [1.165, 1.54) is 0 Å². The SMILES string of the molecule is CCc1ccccc1C(=O)N1CCCC1CC(C)Cl. The smallest absolute Gasteiger partial charge is 0.254 e. The van der Waals surface area contributed by atoms with E-state index in [-0.39, 0.29) is 11.3 Å². The monoisotopic (exact) mass is 279 g/mol. The Morgan fingerprint density at radius 3 is 2.89 bits per heavy atom. The number of benzene rings is 1. The van der Waals surface area contributed by atoms with Gasteiger partial charge < -0.3 is 4.90 Å². The Kier molecular flexibility index (Phi) is 4.87. The second-order valence-corrected chi connectivity index (χ2v) is 6.07. The molecule has 19 heavy (non-hydrogen) atoms. The summed E-state index contributed by atoms with van der Waals surface area (Å²) in [5, 5.41) is 0.125. The molecule has 0 radical (unpaired) electrons. The number of amides is 1. The Morgan fingerprint density at radius 2 is 2.21 bits per heavy atom. The van der Waals surface area contributed by atoms with Crippen LogP contribution in [0.1, 0.15) is 49.0 Å². The third kappa shape index (κ3) is 3.30. The fourth-order valence-corrected chi connectivity index (χ4v) is 3.12. The van der Waals surface area contributed by atoms with Crippen molar-refractivity contribution < 1.29 is 4.79 Å². The van der Waals surface area contributed by atoms with Crippen LogP contribution in [-0.2, 0) is 6.42 Å². The van der Waals surface area contributed by atoms with Crippen LogP contribution in [0.5, 0.6) is 0 Å². The minimum atomic E-state index is 0.125. The zero-order valence-corrected chi connectivity index (χ0v) is 12.5. The molecule has 1 aliphatic heterocycles. The average Bonchev–Trinajstić information content (AvgIpc) is 2.85. The van der Waals surface area contributed by atoms with Crippen molar-refractivity contribution in [1.29, 1.82) is 0 Å². The summed E-state index contributed by atoms with van der Waals surface area (Å²) < 4.78 is 0. The second kappa shape index (κ2) is 6.42. The lowest BCUT2D eigenvalue weighted by atomic mass is 10.0. The minimum Gasteiger partial charge on any atom is -0.336 e. The molecule has 2 rings (SSSR count). The molecular weight excluding hydrogens is 258 g/mol. The highest BCUT2D eigenvalue weighted by Gasteiger charge is 2.30. The van der Waals surface area contributed by atoms with Crippen LogP contribution < -0.4 is 0 Å². The highest BCUT2D eigenvalue weighted by Crippen LogP contribution is 2.26. The zero-order valence-electron chi connectivity index (χ0n) is 11.7. The lowest BCUT2D eigenvalue weighted by molar-refractivity contribution is 0.0729. The Bertz CT molecular complexity index is 444. The van der Waals surface area contributed by atoms with Crippen LogP contribution in [0.25, 0.3) is 0 Å². The van der Waals surface area contributed by atoms with Crippen molar-refractivity contribution in [3.05, 3.63) is 35.4 Å². The molecule has 1 heterocycles. The predicted molar refractivity (Wildman–Crippen MR) is 79.8 cm³/mol. The van der Waals surface area contributed by atoms with Crippen molar-refractivity contribution in [2.24, 2.45) is 0 Å². The van der Waals surface area contributed by atoms with E-state index < -0.39 is 0 Å². The van der Waals surface area contributed by atoms with Gasteiger partial charge >= 0.3 is 0 Å². The predicted octanol–water partition coefficient (Wildman–Crippen LogP) is 3.87. The average molecular weight is 280 g/mol. The molecule has 3 heteroatoms. The van der Waals surface area contributed by atoms with Gasteiger partial charge in [-0.2, -0.15) is 0 Å².